The summed E-state index contributed by atoms with van der Waals surface area (Å²) in [5.74, 6) is -0.893. The molecule has 0 unspecified atom stereocenters. The number of nitrogens with two attached hydrogens (primary N) is 1. The van der Waals surface area contributed by atoms with E-state index in [1.54, 1.807) is 38.1 Å². The largest absolute Gasteiger partial charge is 0.326 e. The lowest BCUT2D eigenvalue weighted by Gasteiger charge is -2.26. The van der Waals surface area contributed by atoms with E-state index in [-0.39, 0.29) is 28.7 Å². The van der Waals surface area contributed by atoms with Crippen molar-refractivity contribution in [2.45, 2.75) is 27.3 Å². The Labute approximate surface area is 129 Å². The predicted molar refractivity (Wildman–Crippen MR) is 84.0 cm³/mol. The van der Waals surface area contributed by atoms with Gasteiger partial charge in [-0.25, -0.2) is 0 Å². The molecule has 5 heteroatoms. The normalized spacial score (nSPS) is 15.0. The minimum Gasteiger partial charge on any atom is -0.326 e. The summed E-state index contributed by atoms with van der Waals surface area (Å²) < 4.78 is 0. The first-order valence-corrected chi connectivity index (χ1v) is 6.94. The number of benzene rings is 1. The molecule has 0 fully saturated rings. The molecule has 1 aromatic carbocycles. The van der Waals surface area contributed by atoms with Gasteiger partial charge in [-0.3, -0.25) is 19.3 Å². The fourth-order valence-corrected chi connectivity index (χ4v) is 2.45. The Hall–Kier alpha value is -2.53. The van der Waals surface area contributed by atoms with Gasteiger partial charge >= 0.3 is 0 Å². The molecule has 0 saturated carbocycles. The number of amides is 1. The van der Waals surface area contributed by atoms with Gasteiger partial charge in [0.05, 0.1) is 0 Å². The van der Waals surface area contributed by atoms with Crippen LogP contribution in [0.15, 0.2) is 47.2 Å². The quantitative estimate of drug-likeness (QED) is 0.864. The molecular formula is C17H18N2O3. The number of carbonyl (C=O) groups excluding carboxylic acids is 3. The second-order valence-corrected chi connectivity index (χ2v) is 5.22. The van der Waals surface area contributed by atoms with Crippen LogP contribution in [0.2, 0.25) is 0 Å². The number of Topliss-reactive ketones (excluding diaryl/α,β-unsaturated/α-hetero) is 1. The minimum atomic E-state index is -0.340. The van der Waals surface area contributed by atoms with E-state index in [1.165, 1.54) is 17.9 Å². The molecule has 1 amide bonds. The number of allylic oxidation sites excluding steroid dienone is 3. The third-order valence-corrected chi connectivity index (χ3v) is 3.60. The van der Waals surface area contributed by atoms with Crippen molar-refractivity contribution in [3.63, 3.8) is 0 Å². The van der Waals surface area contributed by atoms with Crippen molar-refractivity contribution in [2.24, 2.45) is 5.73 Å². The molecule has 0 heterocycles. The van der Waals surface area contributed by atoms with E-state index in [2.05, 4.69) is 0 Å². The van der Waals surface area contributed by atoms with Gasteiger partial charge in [0, 0.05) is 30.3 Å². The molecule has 0 aromatic heterocycles. The molecule has 0 radical (unpaired) electrons. The second-order valence-electron chi connectivity index (χ2n) is 5.22. The maximum absolute atomic E-state index is 12.3. The SMILES string of the molecule is CC(=O)N(C1=C(C)C(=O)C(C)=CC1=O)c1ccc(CN)cc1. The molecule has 2 N–H and O–H groups in total. The van der Waals surface area contributed by atoms with Crippen molar-refractivity contribution in [3.8, 4) is 0 Å². The van der Waals surface area contributed by atoms with Crippen molar-refractivity contribution in [1.82, 2.24) is 0 Å². The molecule has 0 bridgehead atoms. The third kappa shape index (κ3) is 2.76. The smallest absolute Gasteiger partial charge is 0.228 e. The summed E-state index contributed by atoms with van der Waals surface area (Å²) in [6.07, 6.45) is 1.27. The zero-order chi connectivity index (χ0) is 16.4. The lowest BCUT2D eigenvalue weighted by molar-refractivity contribution is -0.118. The van der Waals surface area contributed by atoms with Gasteiger partial charge in [0.1, 0.15) is 5.70 Å². The summed E-state index contributed by atoms with van der Waals surface area (Å²) in [5, 5.41) is 0. The molecule has 0 atom stereocenters. The first-order valence-electron chi connectivity index (χ1n) is 6.94. The maximum atomic E-state index is 12.3. The van der Waals surface area contributed by atoms with Crippen LogP contribution < -0.4 is 10.6 Å². The van der Waals surface area contributed by atoms with Crippen LogP contribution in [0.1, 0.15) is 26.3 Å². The molecule has 2 rings (SSSR count). The van der Waals surface area contributed by atoms with E-state index in [4.69, 9.17) is 5.73 Å². The first kappa shape index (κ1) is 15.9. The number of carbonyl (C=O) groups is 3. The number of anilines is 1. The van der Waals surface area contributed by atoms with E-state index < -0.39 is 0 Å². The first-order chi connectivity index (χ1) is 10.4. The fraction of sp³-hybridized carbons (Fsp3) is 0.235. The van der Waals surface area contributed by atoms with E-state index in [1.807, 2.05) is 0 Å². The van der Waals surface area contributed by atoms with Gasteiger partial charge < -0.3 is 5.73 Å². The van der Waals surface area contributed by atoms with Crippen LogP contribution in [0.3, 0.4) is 0 Å². The van der Waals surface area contributed by atoms with Crippen molar-refractivity contribution >= 4 is 23.2 Å². The summed E-state index contributed by atoms with van der Waals surface area (Å²) in [5.41, 5.74) is 7.79. The summed E-state index contributed by atoms with van der Waals surface area (Å²) in [6.45, 7) is 4.91. The van der Waals surface area contributed by atoms with Crippen LogP contribution >= 0.6 is 0 Å². The van der Waals surface area contributed by atoms with Crippen molar-refractivity contribution in [1.29, 1.82) is 0 Å². The summed E-state index contributed by atoms with van der Waals surface area (Å²) >= 11 is 0. The predicted octanol–water partition coefficient (Wildman–Crippen LogP) is 1.87. The highest BCUT2D eigenvalue weighted by atomic mass is 16.2. The van der Waals surface area contributed by atoms with Gasteiger partial charge in [-0.2, -0.15) is 0 Å². The Balaban J connectivity index is 2.54. The lowest BCUT2D eigenvalue weighted by atomic mass is 9.94. The molecule has 5 nitrogen and oxygen atoms in total. The molecular weight excluding hydrogens is 280 g/mol. The lowest BCUT2D eigenvalue weighted by Crippen LogP contribution is -2.35. The van der Waals surface area contributed by atoms with Crippen molar-refractivity contribution in [3.05, 3.63) is 52.7 Å². The topological polar surface area (TPSA) is 80.5 Å². The van der Waals surface area contributed by atoms with Crippen LogP contribution in [0.5, 0.6) is 0 Å². The number of ketones is 2. The molecule has 22 heavy (non-hydrogen) atoms. The van der Waals surface area contributed by atoms with Gasteiger partial charge in [-0.15, -0.1) is 0 Å². The number of hydrogen-bond acceptors (Lipinski definition) is 4. The Morgan fingerprint density at radius 2 is 1.73 bits per heavy atom. The van der Waals surface area contributed by atoms with Gasteiger partial charge in [0.25, 0.3) is 0 Å². The molecule has 0 saturated heterocycles. The van der Waals surface area contributed by atoms with Gasteiger partial charge in [0.2, 0.25) is 11.7 Å². The van der Waals surface area contributed by atoms with E-state index >= 15 is 0 Å². The van der Waals surface area contributed by atoms with Crippen LogP contribution in [0.25, 0.3) is 0 Å². The minimum absolute atomic E-state index is 0.114. The highest BCUT2D eigenvalue weighted by Gasteiger charge is 2.30. The summed E-state index contributed by atoms with van der Waals surface area (Å²) in [6, 6.07) is 7.01. The van der Waals surface area contributed by atoms with E-state index in [9.17, 15) is 14.4 Å². The Morgan fingerprint density at radius 3 is 2.23 bits per heavy atom. The number of hydrogen-bond donors (Lipinski definition) is 1. The molecule has 0 spiro atoms. The number of rotatable bonds is 3. The second kappa shape index (κ2) is 6.07. The van der Waals surface area contributed by atoms with Crippen LogP contribution in [-0.2, 0) is 20.9 Å². The Bertz CT molecular complexity index is 712. The average molecular weight is 298 g/mol. The molecule has 1 aromatic rings. The standard InChI is InChI=1S/C17H18N2O3/c1-10-8-15(21)16(11(2)17(10)22)19(12(3)20)14-6-4-13(9-18)5-7-14/h4-8H,9,18H2,1-3H3. The summed E-state index contributed by atoms with van der Waals surface area (Å²) in [4.78, 5) is 37.7. The van der Waals surface area contributed by atoms with Crippen molar-refractivity contribution < 1.29 is 14.4 Å². The van der Waals surface area contributed by atoms with Gasteiger partial charge in [0.15, 0.2) is 5.78 Å². The van der Waals surface area contributed by atoms with Crippen LogP contribution in [0, 0.1) is 0 Å². The van der Waals surface area contributed by atoms with Crippen molar-refractivity contribution in [2.75, 3.05) is 4.90 Å². The highest BCUT2D eigenvalue weighted by Crippen LogP contribution is 2.27. The van der Waals surface area contributed by atoms with E-state index in [0.29, 0.717) is 17.8 Å². The Morgan fingerprint density at radius 1 is 1.14 bits per heavy atom. The zero-order valence-corrected chi connectivity index (χ0v) is 12.8. The molecule has 0 aliphatic heterocycles. The van der Waals surface area contributed by atoms with Crippen LogP contribution in [0.4, 0.5) is 5.69 Å². The fourth-order valence-electron chi connectivity index (χ4n) is 2.45. The zero-order valence-electron chi connectivity index (χ0n) is 12.8. The maximum Gasteiger partial charge on any atom is 0.228 e. The molecule has 1 aliphatic carbocycles. The summed E-state index contributed by atoms with van der Waals surface area (Å²) in [7, 11) is 0. The van der Waals surface area contributed by atoms with Gasteiger partial charge in [-0.1, -0.05) is 12.1 Å². The van der Waals surface area contributed by atoms with E-state index in [0.717, 1.165) is 5.56 Å². The van der Waals surface area contributed by atoms with Gasteiger partial charge in [-0.05, 0) is 37.6 Å². The number of nitrogens with zero attached hydrogens (tertiary/aromatic N) is 1. The van der Waals surface area contributed by atoms with Crippen LogP contribution in [-0.4, -0.2) is 17.5 Å². The Kier molecular flexibility index (Phi) is 4.37. The average Bonchev–Trinajstić information content (AvgIpc) is 2.49. The molecule has 114 valence electrons. The monoisotopic (exact) mass is 298 g/mol. The third-order valence-electron chi connectivity index (χ3n) is 3.60. The highest BCUT2D eigenvalue weighted by molar-refractivity contribution is 6.25. The molecule has 1 aliphatic rings.